The first-order chi connectivity index (χ1) is 11.5. The van der Waals surface area contributed by atoms with Gasteiger partial charge in [0, 0.05) is 44.3 Å². The first-order valence-corrected chi connectivity index (χ1v) is 8.47. The van der Waals surface area contributed by atoms with Gasteiger partial charge in [0.2, 0.25) is 0 Å². The number of nitrogens with zero attached hydrogens (tertiary/aromatic N) is 4. The molecule has 124 valence electrons. The fraction of sp³-hybridized carbons (Fsp3) is 0.133. The molecule has 0 aliphatic carbocycles. The van der Waals surface area contributed by atoms with Crippen LogP contribution < -0.4 is 9.62 Å². The van der Waals surface area contributed by atoms with E-state index in [9.17, 15) is 8.42 Å². The maximum Gasteiger partial charge on any atom is 0.264 e. The van der Waals surface area contributed by atoms with E-state index in [0.717, 1.165) is 0 Å². The molecular weight excluding hydrogens is 330 g/mol. The molecule has 1 N–H and O–H groups in total. The standard InChI is InChI=1S/C15H15N5O3S/c1-20(2)15-6-5-12(10-17-15)24(21,22)19-14-8-13(23-18-14)11-4-3-7-16-9-11/h3-10H,1-2H3,(H,18,19). The Balaban J connectivity index is 1.81. The lowest BCUT2D eigenvalue weighted by Gasteiger charge is -2.11. The van der Waals surface area contributed by atoms with Gasteiger partial charge in [-0.15, -0.1) is 0 Å². The van der Waals surface area contributed by atoms with Crippen LogP contribution in [0, 0.1) is 0 Å². The zero-order chi connectivity index (χ0) is 17.2. The molecule has 0 fully saturated rings. The molecule has 24 heavy (non-hydrogen) atoms. The number of nitrogens with one attached hydrogen (secondary N) is 1. The molecule has 0 aliphatic heterocycles. The molecule has 0 saturated heterocycles. The van der Waals surface area contributed by atoms with Crippen LogP contribution in [0.25, 0.3) is 11.3 Å². The molecule has 3 rings (SSSR count). The smallest absolute Gasteiger partial charge is 0.264 e. The van der Waals surface area contributed by atoms with Crippen LogP contribution in [-0.2, 0) is 10.0 Å². The zero-order valence-corrected chi connectivity index (χ0v) is 13.9. The van der Waals surface area contributed by atoms with E-state index in [2.05, 4.69) is 19.8 Å². The minimum absolute atomic E-state index is 0.0408. The second-order valence-corrected chi connectivity index (χ2v) is 6.85. The van der Waals surface area contributed by atoms with Crippen molar-refractivity contribution in [1.82, 2.24) is 15.1 Å². The van der Waals surface area contributed by atoms with Gasteiger partial charge in [0.15, 0.2) is 11.6 Å². The molecule has 3 aromatic heterocycles. The van der Waals surface area contributed by atoms with Gasteiger partial charge in [-0.25, -0.2) is 13.4 Å². The third-order valence-corrected chi connectivity index (χ3v) is 4.52. The summed E-state index contributed by atoms with van der Waals surface area (Å²) in [6.07, 6.45) is 4.52. The van der Waals surface area contributed by atoms with E-state index in [0.29, 0.717) is 17.1 Å². The number of sulfonamides is 1. The molecule has 0 bridgehead atoms. The van der Waals surface area contributed by atoms with Crippen LogP contribution in [0.1, 0.15) is 0 Å². The maximum absolute atomic E-state index is 12.4. The first kappa shape index (κ1) is 15.9. The lowest BCUT2D eigenvalue weighted by molar-refractivity contribution is 0.435. The summed E-state index contributed by atoms with van der Waals surface area (Å²) in [5.74, 6) is 1.17. The third-order valence-electron chi connectivity index (χ3n) is 3.18. The Morgan fingerprint density at radius 3 is 2.62 bits per heavy atom. The van der Waals surface area contributed by atoms with Crippen molar-refractivity contribution in [2.75, 3.05) is 23.7 Å². The van der Waals surface area contributed by atoms with Crippen molar-refractivity contribution in [3.05, 3.63) is 48.9 Å². The first-order valence-electron chi connectivity index (χ1n) is 6.99. The highest BCUT2D eigenvalue weighted by Gasteiger charge is 2.18. The van der Waals surface area contributed by atoms with Gasteiger partial charge >= 0.3 is 0 Å². The average molecular weight is 345 g/mol. The van der Waals surface area contributed by atoms with E-state index in [1.54, 1.807) is 35.5 Å². The fourth-order valence-corrected chi connectivity index (χ4v) is 2.89. The Bertz CT molecular complexity index is 921. The van der Waals surface area contributed by atoms with Crippen LogP contribution in [0.2, 0.25) is 0 Å². The van der Waals surface area contributed by atoms with E-state index in [1.807, 2.05) is 14.1 Å². The molecule has 0 radical (unpaired) electrons. The number of aromatic nitrogens is 3. The summed E-state index contributed by atoms with van der Waals surface area (Å²) >= 11 is 0. The van der Waals surface area contributed by atoms with E-state index in [4.69, 9.17) is 4.52 Å². The number of hydrogen-bond donors (Lipinski definition) is 1. The molecule has 0 aliphatic rings. The lowest BCUT2D eigenvalue weighted by Crippen LogP contribution is -2.15. The predicted molar refractivity (Wildman–Crippen MR) is 89.1 cm³/mol. The van der Waals surface area contributed by atoms with Crippen LogP contribution in [-0.4, -0.2) is 37.6 Å². The quantitative estimate of drug-likeness (QED) is 0.754. The molecule has 0 saturated carbocycles. The average Bonchev–Trinajstić information content (AvgIpc) is 3.03. The van der Waals surface area contributed by atoms with Gasteiger partial charge < -0.3 is 9.42 Å². The lowest BCUT2D eigenvalue weighted by atomic mass is 10.2. The van der Waals surface area contributed by atoms with Crippen LogP contribution in [0.5, 0.6) is 0 Å². The molecule has 0 spiro atoms. The van der Waals surface area contributed by atoms with Crippen molar-refractivity contribution in [3.63, 3.8) is 0 Å². The van der Waals surface area contributed by atoms with Crippen molar-refractivity contribution >= 4 is 21.7 Å². The second kappa shape index (κ2) is 6.28. The van der Waals surface area contributed by atoms with Crippen molar-refractivity contribution in [1.29, 1.82) is 0 Å². The van der Waals surface area contributed by atoms with Crippen molar-refractivity contribution in [3.8, 4) is 11.3 Å². The summed E-state index contributed by atoms with van der Waals surface area (Å²) in [5, 5.41) is 3.73. The van der Waals surface area contributed by atoms with Gasteiger partial charge in [-0.3, -0.25) is 9.71 Å². The van der Waals surface area contributed by atoms with E-state index >= 15 is 0 Å². The van der Waals surface area contributed by atoms with E-state index in [-0.39, 0.29) is 10.7 Å². The molecule has 3 heterocycles. The third kappa shape index (κ3) is 3.35. The summed E-state index contributed by atoms with van der Waals surface area (Å²) in [6.45, 7) is 0. The summed E-state index contributed by atoms with van der Waals surface area (Å²) in [7, 11) is -0.147. The van der Waals surface area contributed by atoms with Crippen LogP contribution in [0.3, 0.4) is 0 Å². The molecule has 8 nitrogen and oxygen atoms in total. The molecule has 0 amide bonds. The van der Waals surface area contributed by atoms with Gasteiger partial charge in [0.1, 0.15) is 10.7 Å². The number of anilines is 2. The second-order valence-electron chi connectivity index (χ2n) is 5.17. The number of hydrogen-bond acceptors (Lipinski definition) is 7. The normalized spacial score (nSPS) is 11.2. The van der Waals surface area contributed by atoms with Crippen molar-refractivity contribution < 1.29 is 12.9 Å². The number of rotatable bonds is 5. The van der Waals surface area contributed by atoms with Crippen LogP contribution in [0.15, 0.2) is 58.3 Å². The minimum atomic E-state index is -3.79. The zero-order valence-electron chi connectivity index (χ0n) is 13.0. The molecule has 3 aromatic rings. The van der Waals surface area contributed by atoms with Gasteiger partial charge in [-0.1, -0.05) is 5.16 Å². The largest absolute Gasteiger partial charge is 0.363 e. The Morgan fingerprint density at radius 2 is 2.00 bits per heavy atom. The predicted octanol–water partition coefficient (Wildman–Crippen LogP) is 2.00. The summed E-state index contributed by atoms with van der Waals surface area (Å²) in [5.41, 5.74) is 0.701. The topological polar surface area (TPSA) is 101 Å². The van der Waals surface area contributed by atoms with Gasteiger partial charge in [-0.2, -0.15) is 0 Å². The Hall–Kier alpha value is -2.94. The van der Waals surface area contributed by atoms with Gasteiger partial charge in [-0.05, 0) is 24.3 Å². The molecular formula is C15H15N5O3S. The summed E-state index contributed by atoms with van der Waals surface area (Å²) in [6, 6.07) is 8.14. The molecule has 9 heteroatoms. The van der Waals surface area contributed by atoms with E-state index < -0.39 is 10.0 Å². The maximum atomic E-state index is 12.4. The van der Waals surface area contributed by atoms with Crippen molar-refractivity contribution in [2.24, 2.45) is 0 Å². The summed E-state index contributed by atoms with van der Waals surface area (Å²) < 4.78 is 32.3. The van der Waals surface area contributed by atoms with Gasteiger partial charge in [0.05, 0.1) is 0 Å². The highest BCUT2D eigenvalue weighted by atomic mass is 32.2. The molecule has 0 aromatic carbocycles. The highest BCUT2D eigenvalue weighted by Crippen LogP contribution is 2.23. The minimum Gasteiger partial charge on any atom is -0.363 e. The summed E-state index contributed by atoms with van der Waals surface area (Å²) in [4.78, 5) is 9.89. The SMILES string of the molecule is CN(C)c1ccc(S(=O)(=O)Nc2cc(-c3cccnc3)on2)cn1. The molecule has 0 unspecified atom stereocenters. The Labute approximate surface area is 139 Å². The highest BCUT2D eigenvalue weighted by molar-refractivity contribution is 7.92. The van der Waals surface area contributed by atoms with Gasteiger partial charge in [0.25, 0.3) is 10.0 Å². The van der Waals surface area contributed by atoms with Crippen LogP contribution >= 0.6 is 0 Å². The Morgan fingerprint density at radius 1 is 1.17 bits per heavy atom. The van der Waals surface area contributed by atoms with Crippen LogP contribution in [0.4, 0.5) is 11.6 Å². The number of pyridine rings is 2. The Kier molecular flexibility index (Phi) is 4.17. The van der Waals surface area contributed by atoms with Crippen molar-refractivity contribution in [2.45, 2.75) is 4.90 Å². The fourth-order valence-electron chi connectivity index (χ4n) is 1.96. The molecule has 0 atom stereocenters. The monoisotopic (exact) mass is 345 g/mol. The van der Waals surface area contributed by atoms with E-state index in [1.165, 1.54) is 18.3 Å².